The summed E-state index contributed by atoms with van der Waals surface area (Å²) >= 11 is 0. The molecule has 2 fully saturated rings. The van der Waals surface area contributed by atoms with Crippen LogP contribution in [0.25, 0.3) is 0 Å². The lowest BCUT2D eigenvalue weighted by Crippen LogP contribution is -2.44. The Balaban J connectivity index is 1.66. The Bertz CT molecular complexity index is 500. The van der Waals surface area contributed by atoms with Crippen molar-refractivity contribution in [2.75, 3.05) is 39.3 Å². The van der Waals surface area contributed by atoms with E-state index in [-0.39, 0.29) is 11.9 Å². The van der Waals surface area contributed by atoms with E-state index in [0.717, 1.165) is 44.9 Å². The molecule has 1 aromatic rings. The zero-order valence-electron chi connectivity index (χ0n) is 13.0. The van der Waals surface area contributed by atoms with Gasteiger partial charge in [0.05, 0.1) is 12.7 Å². The van der Waals surface area contributed by atoms with Gasteiger partial charge in [-0.15, -0.1) is 0 Å². The van der Waals surface area contributed by atoms with Crippen LogP contribution >= 0.6 is 0 Å². The van der Waals surface area contributed by atoms with Gasteiger partial charge in [0.15, 0.2) is 0 Å². The van der Waals surface area contributed by atoms with E-state index in [0.29, 0.717) is 11.0 Å². The van der Waals surface area contributed by atoms with Crippen LogP contribution in [-0.2, 0) is 4.74 Å². The smallest absolute Gasteiger partial charge is 0.126 e. The molecule has 0 saturated carbocycles. The summed E-state index contributed by atoms with van der Waals surface area (Å²) in [6.45, 7) is 10.2. The van der Waals surface area contributed by atoms with Crippen molar-refractivity contribution in [3.63, 3.8) is 0 Å². The minimum atomic E-state index is -0.143. The second kappa shape index (κ2) is 6.03. The number of nitrogens with one attached hydrogen (secondary N) is 1. The van der Waals surface area contributed by atoms with Crippen molar-refractivity contribution in [1.29, 1.82) is 0 Å². The number of rotatable bonds is 3. The number of benzene rings is 1. The highest BCUT2D eigenvalue weighted by molar-refractivity contribution is 5.26. The van der Waals surface area contributed by atoms with Crippen LogP contribution in [0.5, 0.6) is 0 Å². The Morgan fingerprint density at radius 3 is 3.05 bits per heavy atom. The van der Waals surface area contributed by atoms with Gasteiger partial charge < -0.3 is 10.1 Å². The van der Waals surface area contributed by atoms with Crippen molar-refractivity contribution in [3.05, 3.63) is 35.1 Å². The van der Waals surface area contributed by atoms with Crippen LogP contribution in [0.1, 0.15) is 30.6 Å². The molecule has 0 spiro atoms. The molecule has 1 N–H and O–H groups in total. The van der Waals surface area contributed by atoms with Gasteiger partial charge in [0, 0.05) is 26.2 Å². The SMILES string of the molecule is Cc1cc(C2CN(CC3(C)CCNC3)CCO2)ccc1F. The molecular weight excluding hydrogens is 267 g/mol. The van der Waals surface area contributed by atoms with E-state index in [1.165, 1.54) is 6.42 Å². The minimum Gasteiger partial charge on any atom is -0.371 e. The van der Waals surface area contributed by atoms with E-state index >= 15 is 0 Å². The van der Waals surface area contributed by atoms with Crippen molar-refractivity contribution >= 4 is 0 Å². The van der Waals surface area contributed by atoms with Gasteiger partial charge in [0.25, 0.3) is 0 Å². The molecule has 2 heterocycles. The Morgan fingerprint density at radius 2 is 2.33 bits per heavy atom. The van der Waals surface area contributed by atoms with E-state index in [1.807, 2.05) is 19.1 Å². The fourth-order valence-corrected chi connectivity index (χ4v) is 3.46. The van der Waals surface area contributed by atoms with Crippen LogP contribution < -0.4 is 5.32 Å². The Hall–Kier alpha value is -0.970. The summed E-state index contributed by atoms with van der Waals surface area (Å²) in [6.07, 6.45) is 1.31. The van der Waals surface area contributed by atoms with Crippen LogP contribution in [0.15, 0.2) is 18.2 Å². The third-order valence-electron chi connectivity index (χ3n) is 4.77. The van der Waals surface area contributed by atoms with Gasteiger partial charge in [-0.1, -0.05) is 19.1 Å². The monoisotopic (exact) mass is 292 g/mol. The predicted octanol–water partition coefficient (Wildman–Crippen LogP) is 2.51. The molecule has 4 heteroatoms. The number of aryl methyl sites for hydroxylation is 1. The number of hydrogen-bond donors (Lipinski definition) is 1. The van der Waals surface area contributed by atoms with Crippen molar-refractivity contribution in [2.24, 2.45) is 5.41 Å². The number of hydrogen-bond acceptors (Lipinski definition) is 3. The molecule has 21 heavy (non-hydrogen) atoms. The van der Waals surface area contributed by atoms with Gasteiger partial charge in [0.2, 0.25) is 0 Å². The molecule has 2 unspecified atom stereocenters. The molecule has 0 aliphatic carbocycles. The van der Waals surface area contributed by atoms with Crippen LogP contribution in [0, 0.1) is 18.2 Å². The molecule has 116 valence electrons. The molecule has 2 aliphatic rings. The highest BCUT2D eigenvalue weighted by Crippen LogP contribution is 2.29. The number of morpholine rings is 1. The summed E-state index contributed by atoms with van der Waals surface area (Å²) in [5.41, 5.74) is 2.16. The predicted molar refractivity (Wildman–Crippen MR) is 81.9 cm³/mol. The summed E-state index contributed by atoms with van der Waals surface area (Å²) in [6, 6.07) is 5.33. The average Bonchev–Trinajstić information content (AvgIpc) is 2.88. The molecule has 2 aliphatic heterocycles. The lowest BCUT2D eigenvalue weighted by molar-refractivity contribution is -0.0401. The molecule has 0 amide bonds. The summed E-state index contributed by atoms with van der Waals surface area (Å²) in [5.74, 6) is -0.143. The van der Waals surface area contributed by atoms with E-state index in [2.05, 4.69) is 17.1 Å². The quantitative estimate of drug-likeness (QED) is 0.926. The zero-order valence-corrected chi connectivity index (χ0v) is 13.0. The molecular formula is C17H25FN2O. The van der Waals surface area contributed by atoms with Crippen molar-refractivity contribution in [3.8, 4) is 0 Å². The van der Waals surface area contributed by atoms with Crippen LogP contribution in [0.4, 0.5) is 4.39 Å². The minimum absolute atomic E-state index is 0.0658. The van der Waals surface area contributed by atoms with Crippen molar-refractivity contribution < 1.29 is 9.13 Å². The first-order chi connectivity index (χ1) is 10.1. The van der Waals surface area contributed by atoms with E-state index in [9.17, 15) is 4.39 Å². The van der Waals surface area contributed by atoms with Gasteiger partial charge in [-0.05, 0) is 42.5 Å². The fourth-order valence-electron chi connectivity index (χ4n) is 3.46. The van der Waals surface area contributed by atoms with Crippen LogP contribution in [0.3, 0.4) is 0 Å². The lowest BCUT2D eigenvalue weighted by Gasteiger charge is -2.38. The average molecular weight is 292 g/mol. The molecule has 0 radical (unpaired) electrons. The van der Waals surface area contributed by atoms with Crippen molar-refractivity contribution in [1.82, 2.24) is 10.2 Å². The largest absolute Gasteiger partial charge is 0.371 e. The van der Waals surface area contributed by atoms with Gasteiger partial charge in [-0.25, -0.2) is 4.39 Å². The molecule has 2 saturated heterocycles. The Kier molecular flexibility index (Phi) is 4.29. The van der Waals surface area contributed by atoms with E-state index < -0.39 is 0 Å². The Labute approximate surface area is 126 Å². The van der Waals surface area contributed by atoms with Crippen LogP contribution in [0.2, 0.25) is 0 Å². The number of ether oxygens (including phenoxy) is 1. The summed E-state index contributed by atoms with van der Waals surface area (Å²) in [7, 11) is 0. The summed E-state index contributed by atoms with van der Waals surface area (Å²) in [5, 5.41) is 3.46. The fraction of sp³-hybridized carbons (Fsp3) is 0.647. The topological polar surface area (TPSA) is 24.5 Å². The molecule has 2 atom stereocenters. The summed E-state index contributed by atoms with van der Waals surface area (Å²) in [4.78, 5) is 2.50. The highest BCUT2D eigenvalue weighted by atomic mass is 19.1. The highest BCUT2D eigenvalue weighted by Gasteiger charge is 2.33. The van der Waals surface area contributed by atoms with E-state index in [4.69, 9.17) is 4.74 Å². The van der Waals surface area contributed by atoms with Crippen LogP contribution in [-0.4, -0.2) is 44.2 Å². The maximum atomic E-state index is 13.4. The van der Waals surface area contributed by atoms with Gasteiger partial charge in [-0.2, -0.15) is 0 Å². The first-order valence-electron chi connectivity index (χ1n) is 7.86. The maximum Gasteiger partial charge on any atom is 0.126 e. The number of halogens is 1. The molecule has 0 bridgehead atoms. The maximum absolute atomic E-state index is 13.4. The van der Waals surface area contributed by atoms with Gasteiger partial charge in [-0.3, -0.25) is 4.90 Å². The molecule has 3 rings (SSSR count). The normalized spacial score (nSPS) is 30.7. The molecule has 3 nitrogen and oxygen atoms in total. The number of nitrogens with zero attached hydrogens (tertiary/aromatic N) is 1. The second-order valence-corrected chi connectivity index (χ2v) is 6.84. The standard InChI is InChI=1S/C17H25FN2O/c1-13-9-14(3-4-15(13)18)16-10-20(7-8-21-16)12-17(2)5-6-19-11-17/h3-4,9,16,19H,5-8,10-12H2,1-2H3. The first-order valence-corrected chi connectivity index (χ1v) is 7.86. The van der Waals surface area contributed by atoms with Gasteiger partial charge in [0.1, 0.15) is 5.82 Å². The van der Waals surface area contributed by atoms with E-state index in [1.54, 1.807) is 6.07 Å². The summed E-state index contributed by atoms with van der Waals surface area (Å²) < 4.78 is 19.3. The molecule has 1 aromatic carbocycles. The van der Waals surface area contributed by atoms with Crippen molar-refractivity contribution in [2.45, 2.75) is 26.4 Å². The zero-order chi connectivity index (χ0) is 14.9. The second-order valence-electron chi connectivity index (χ2n) is 6.84. The lowest BCUT2D eigenvalue weighted by atomic mass is 9.89. The third-order valence-corrected chi connectivity index (χ3v) is 4.77. The first kappa shape index (κ1) is 14.9. The molecule has 0 aromatic heterocycles. The third kappa shape index (κ3) is 3.44. The van der Waals surface area contributed by atoms with Gasteiger partial charge >= 0.3 is 0 Å². The Morgan fingerprint density at radius 1 is 1.48 bits per heavy atom.